The molecule has 0 spiro atoms. The van der Waals surface area contributed by atoms with Gasteiger partial charge >= 0.3 is 11.9 Å². The molecule has 3 aromatic carbocycles. The van der Waals surface area contributed by atoms with Crippen molar-refractivity contribution in [2.24, 2.45) is 0 Å². The van der Waals surface area contributed by atoms with E-state index in [0.29, 0.717) is 0 Å². The Balaban J connectivity index is 1.97. The zero-order valence-corrected chi connectivity index (χ0v) is 22.2. The van der Waals surface area contributed by atoms with Crippen molar-refractivity contribution in [1.82, 2.24) is 4.31 Å². The maximum Gasteiger partial charge on any atom is 0.337 e. The number of aryl methyl sites for hydroxylation is 1. The molecule has 9 nitrogen and oxygen atoms in total. The minimum Gasteiger partial charge on any atom is -0.465 e. The number of esters is 2. The number of nitrogens with zero attached hydrogens (tertiary/aromatic N) is 1. The molecule has 0 radical (unpaired) electrons. The molecule has 0 atom stereocenters. The summed E-state index contributed by atoms with van der Waals surface area (Å²) in [6.45, 7) is 0.507. The maximum atomic E-state index is 14.6. The van der Waals surface area contributed by atoms with E-state index < -0.39 is 46.8 Å². The van der Waals surface area contributed by atoms with Crippen LogP contribution < -0.4 is 5.32 Å². The fourth-order valence-corrected chi connectivity index (χ4v) is 5.06. The summed E-state index contributed by atoms with van der Waals surface area (Å²) in [5, 5.41) is 2.46. The Labute approximate surface area is 224 Å². The first-order chi connectivity index (χ1) is 18.0. The molecule has 12 heteroatoms. The van der Waals surface area contributed by atoms with Crippen molar-refractivity contribution < 1.29 is 36.7 Å². The summed E-state index contributed by atoms with van der Waals surface area (Å²) >= 11 is 6.13. The summed E-state index contributed by atoms with van der Waals surface area (Å²) in [6.07, 6.45) is 0. The first-order valence-corrected chi connectivity index (χ1v) is 12.9. The van der Waals surface area contributed by atoms with Gasteiger partial charge in [-0.25, -0.2) is 22.4 Å². The highest BCUT2D eigenvalue weighted by Gasteiger charge is 2.29. The molecule has 1 N–H and O–H groups in total. The largest absolute Gasteiger partial charge is 0.465 e. The van der Waals surface area contributed by atoms with Crippen molar-refractivity contribution in [2.45, 2.75) is 18.4 Å². The van der Waals surface area contributed by atoms with Gasteiger partial charge in [0.25, 0.3) is 0 Å². The van der Waals surface area contributed by atoms with Crippen molar-refractivity contribution in [2.75, 3.05) is 26.1 Å². The predicted octanol–water partition coefficient (Wildman–Crippen LogP) is 4.19. The fraction of sp³-hybridized carbons (Fsp3) is 0.192. The molecule has 3 rings (SSSR count). The average Bonchev–Trinajstić information content (AvgIpc) is 2.89. The Hall–Kier alpha value is -3.80. The fourth-order valence-electron chi connectivity index (χ4n) is 3.48. The third-order valence-electron chi connectivity index (χ3n) is 5.43. The van der Waals surface area contributed by atoms with Crippen molar-refractivity contribution in [3.05, 3.63) is 93.8 Å². The molecule has 0 fully saturated rings. The van der Waals surface area contributed by atoms with E-state index in [9.17, 15) is 27.2 Å². The molecule has 3 aromatic rings. The van der Waals surface area contributed by atoms with Gasteiger partial charge in [-0.2, -0.15) is 4.31 Å². The van der Waals surface area contributed by atoms with Crippen LogP contribution in [0.2, 0.25) is 5.02 Å². The number of anilines is 1. The van der Waals surface area contributed by atoms with Crippen molar-refractivity contribution in [3.63, 3.8) is 0 Å². The topological polar surface area (TPSA) is 119 Å². The van der Waals surface area contributed by atoms with Crippen molar-refractivity contribution in [3.8, 4) is 0 Å². The van der Waals surface area contributed by atoms with Crippen LogP contribution in [0.4, 0.5) is 10.1 Å². The Morgan fingerprint density at radius 2 is 1.53 bits per heavy atom. The summed E-state index contributed by atoms with van der Waals surface area (Å²) in [4.78, 5) is 37.0. The molecular formula is C26H24ClFN2O7S. The number of rotatable bonds is 9. The molecular weight excluding hydrogens is 539 g/mol. The van der Waals surface area contributed by atoms with E-state index in [-0.39, 0.29) is 32.3 Å². The minimum atomic E-state index is -4.29. The van der Waals surface area contributed by atoms with Gasteiger partial charge in [-0.05, 0) is 49.4 Å². The van der Waals surface area contributed by atoms with Crippen LogP contribution in [0.25, 0.3) is 0 Å². The highest BCUT2D eigenvalue weighted by atomic mass is 35.5. The highest BCUT2D eigenvalue weighted by Crippen LogP contribution is 2.25. The van der Waals surface area contributed by atoms with Gasteiger partial charge in [-0.1, -0.05) is 35.4 Å². The van der Waals surface area contributed by atoms with E-state index in [0.717, 1.165) is 30.2 Å². The smallest absolute Gasteiger partial charge is 0.337 e. The van der Waals surface area contributed by atoms with Crippen LogP contribution >= 0.6 is 11.6 Å². The van der Waals surface area contributed by atoms with Gasteiger partial charge in [0.05, 0.1) is 36.8 Å². The molecule has 1 amide bonds. The zero-order valence-electron chi connectivity index (χ0n) is 20.7. The Kier molecular flexibility index (Phi) is 9.21. The van der Waals surface area contributed by atoms with Gasteiger partial charge in [0, 0.05) is 22.8 Å². The number of hydrogen-bond acceptors (Lipinski definition) is 7. The van der Waals surface area contributed by atoms with E-state index in [1.807, 2.05) is 0 Å². The van der Waals surface area contributed by atoms with Crippen LogP contribution in [-0.2, 0) is 30.8 Å². The number of hydrogen-bond donors (Lipinski definition) is 1. The number of halogens is 2. The number of carbonyl (C=O) groups is 3. The van der Waals surface area contributed by atoms with Crippen LogP contribution in [0.15, 0.2) is 65.6 Å². The van der Waals surface area contributed by atoms with Crippen molar-refractivity contribution in [1.29, 1.82) is 0 Å². The first kappa shape index (κ1) is 28.8. The first-order valence-electron chi connectivity index (χ1n) is 11.1. The van der Waals surface area contributed by atoms with Gasteiger partial charge in [-0.3, -0.25) is 4.79 Å². The van der Waals surface area contributed by atoms with Gasteiger partial charge in [-0.15, -0.1) is 0 Å². The standard InChI is InChI=1S/C26H24ClFN2O7S/c1-16-7-9-20(10-8-16)38(34,35)30(14-21-22(27)5-4-6-23(21)28)15-24(31)29-19-12-17(25(32)36-2)11-18(13-19)26(33)37-3/h4-13H,14-15H2,1-3H3,(H,29,31). The highest BCUT2D eigenvalue weighted by molar-refractivity contribution is 7.89. The normalized spacial score (nSPS) is 11.2. The van der Waals surface area contributed by atoms with E-state index in [2.05, 4.69) is 14.8 Å². The van der Waals surface area contributed by atoms with Gasteiger partial charge < -0.3 is 14.8 Å². The van der Waals surface area contributed by atoms with Crippen LogP contribution in [0.1, 0.15) is 31.8 Å². The molecule has 0 bridgehead atoms. The second-order valence-electron chi connectivity index (χ2n) is 8.12. The lowest BCUT2D eigenvalue weighted by molar-refractivity contribution is -0.116. The molecule has 0 aliphatic carbocycles. The number of benzene rings is 3. The number of carbonyl (C=O) groups excluding carboxylic acids is 3. The van der Waals surface area contributed by atoms with Gasteiger partial charge in [0.15, 0.2) is 0 Å². The number of methoxy groups -OCH3 is 2. The van der Waals surface area contributed by atoms with Crippen LogP contribution in [0.5, 0.6) is 0 Å². The summed E-state index contributed by atoms with van der Waals surface area (Å²) in [5.74, 6) is -3.12. The van der Waals surface area contributed by atoms with E-state index in [4.69, 9.17) is 11.6 Å². The quantitative estimate of drug-likeness (QED) is 0.388. The van der Waals surface area contributed by atoms with Crippen molar-refractivity contribution >= 4 is 45.2 Å². The summed E-state index contributed by atoms with van der Waals surface area (Å²) in [7, 11) is -2.00. The Morgan fingerprint density at radius 1 is 0.947 bits per heavy atom. The van der Waals surface area contributed by atoms with Crippen LogP contribution in [0.3, 0.4) is 0 Å². The lowest BCUT2D eigenvalue weighted by atomic mass is 10.1. The zero-order chi connectivity index (χ0) is 28.0. The van der Waals surface area contributed by atoms with Gasteiger partial charge in [0.2, 0.25) is 15.9 Å². The van der Waals surface area contributed by atoms with Gasteiger partial charge in [0.1, 0.15) is 5.82 Å². The maximum absolute atomic E-state index is 14.6. The lowest BCUT2D eigenvalue weighted by Crippen LogP contribution is -2.38. The Bertz CT molecular complexity index is 1420. The third kappa shape index (κ3) is 6.74. The monoisotopic (exact) mass is 562 g/mol. The molecule has 0 saturated carbocycles. The summed E-state index contributed by atoms with van der Waals surface area (Å²) in [5.41, 5.74) is 0.617. The SMILES string of the molecule is COC(=O)c1cc(NC(=O)CN(Cc2c(F)cccc2Cl)S(=O)(=O)c2ccc(C)cc2)cc(C(=O)OC)c1. The summed E-state index contributed by atoms with van der Waals surface area (Å²) < 4.78 is 51.7. The number of amides is 1. The summed E-state index contributed by atoms with van der Waals surface area (Å²) in [6, 6.07) is 13.6. The van der Waals surface area contributed by atoms with E-state index in [1.165, 1.54) is 42.5 Å². The van der Waals surface area contributed by atoms with Crippen LogP contribution in [0, 0.1) is 12.7 Å². The molecule has 38 heavy (non-hydrogen) atoms. The molecule has 200 valence electrons. The number of ether oxygens (including phenoxy) is 2. The van der Waals surface area contributed by atoms with E-state index in [1.54, 1.807) is 19.1 Å². The molecule has 0 unspecified atom stereocenters. The molecule has 0 saturated heterocycles. The lowest BCUT2D eigenvalue weighted by Gasteiger charge is -2.23. The van der Waals surface area contributed by atoms with E-state index >= 15 is 0 Å². The molecule has 0 heterocycles. The number of sulfonamides is 1. The number of nitrogens with one attached hydrogen (secondary N) is 1. The molecule has 0 aliphatic heterocycles. The molecule has 0 aliphatic rings. The third-order valence-corrected chi connectivity index (χ3v) is 7.59. The Morgan fingerprint density at radius 3 is 2.05 bits per heavy atom. The molecule has 0 aromatic heterocycles. The minimum absolute atomic E-state index is 0.00917. The second-order valence-corrected chi connectivity index (χ2v) is 10.5. The second kappa shape index (κ2) is 12.2. The predicted molar refractivity (Wildman–Crippen MR) is 138 cm³/mol. The average molecular weight is 563 g/mol. The van der Waals surface area contributed by atoms with Crippen LogP contribution in [-0.4, -0.2) is 51.3 Å².